The molecule has 0 aliphatic carbocycles. The molecule has 0 fully saturated rings. The Bertz CT molecular complexity index is 292. The smallest absolute Gasteiger partial charge is 0.0383 e. The van der Waals surface area contributed by atoms with Gasteiger partial charge in [0.2, 0.25) is 0 Å². The minimum Gasteiger partial charge on any atom is -0.361 e. The highest BCUT2D eigenvalue weighted by molar-refractivity contribution is 5.48. The number of H-pyrrole nitrogens is 1. The second-order valence-electron chi connectivity index (χ2n) is 3.10. The Morgan fingerprint density at radius 3 is 2.92 bits per heavy atom. The lowest BCUT2D eigenvalue weighted by Crippen LogP contribution is -1.74. The van der Waals surface area contributed by atoms with Crippen molar-refractivity contribution >= 4 is 6.08 Å². The molecule has 1 heteroatoms. The number of hydrogen-bond acceptors (Lipinski definition) is 0. The van der Waals surface area contributed by atoms with Crippen LogP contribution >= 0.6 is 0 Å². The van der Waals surface area contributed by atoms with Gasteiger partial charge >= 0.3 is 0 Å². The number of aromatic amines is 1. The van der Waals surface area contributed by atoms with Crippen molar-refractivity contribution in [3.8, 4) is 0 Å². The molecule has 1 rings (SSSR count). The molecular weight excluding hydrogens is 158 g/mol. The van der Waals surface area contributed by atoms with E-state index in [1.54, 1.807) is 0 Å². The minimum atomic E-state index is 1.16. The first kappa shape index (κ1) is 9.85. The molecule has 0 spiro atoms. The van der Waals surface area contributed by atoms with E-state index in [1.165, 1.54) is 17.7 Å². The molecule has 1 aromatic rings. The third-order valence-electron chi connectivity index (χ3n) is 1.88. The van der Waals surface area contributed by atoms with Gasteiger partial charge in [0.25, 0.3) is 0 Å². The van der Waals surface area contributed by atoms with Crippen LogP contribution in [0.2, 0.25) is 0 Å². The fourth-order valence-corrected chi connectivity index (χ4v) is 1.26. The molecule has 1 N–H and O–H groups in total. The normalized spacial score (nSPS) is 11.8. The van der Waals surface area contributed by atoms with Gasteiger partial charge < -0.3 is 4.98 Å². The monoisotopic (exact) mass is 175 g/mol. The summed E-state index contributed by atoms with van der Waals surface area (Å²) in [6.45, 7) is 4.21. The van der Waals surface area contributed by atoms with Crippen LogP contribution in [0.15, 0.2) is 30.5 Å². The van der Waals surface area contributed by atoms with Crippen molar-refractivity contribution in [2.24, 2.45) is 0 Å². The average molecular weight is 175 g/mol. The van der Waals surface area contributed by atoms with Crippen LogP contribution in [0.3, 0.4) is 0 Å². The SMILES string of the molecule is C/C=C\C=C/c1cc(CCC)c[nH]1. The first-order valence-electron chi connectivity index (χ1n) is 4.83. The molecule has 0 atom stereocenters. The third-order valence-corrected chi connectivity index (χ3v) is 1.88. The van der Waals surface area contributed by atoms with E-state index in [0.29, 0.717) is 0 Å². The van der Waals surface area contributed by atoms with Crippen molar-refractivity contribution < 1.29 is 0 Å². The molecule has 13 heavy (non-hydrogen) atoms. The second kappa shape index (κ2) is 5.41. The summed E-state index contributed by atoms with van der Waals surface area (Å²) in [5, 5.41) is 0. The van der Waals surface area contributed by atoms with Gasteiger partial charge in [0.15, 0.2) is 0 Å². The molecule has 0 aromatic carbocycles. The lowest BCUT2D eigenvalue weighted by atomic mass is 10.2. The maximum absolute atomic E-state index is 3.23. The Morgan fingerprint density at radius 1 is 1.38 bits per heavy atom. The van der Waals surface area contributed by atoms with Crippen LogP contribution in [-0.4, -0.2) is 4.98 Å². The highest BCUT2D eigenvalue weighted by Gasteiger charge is 1.93. The average Bonchev–Trinajstić information content (AvgIpc) is 2.54. The fourth-order valence-electron chi connectivity index (χ4n) is 1.26. The summed E-state index contributed by atoms with van der Waals surface area (Å²) in [5.41, 5.74) is 2.57. The standard InChI is InChI=1S/C12H17N/c1-3-5-6-8-12-9-11(7-4-2)10-13-12/h3,5-6,8-10,13H,4,7H2,1-2H3/b5-3-,8-6-. The molecule has 70 valence electrons. The number of nitrogens with one attached hydrogen (secondary N) is 1. The van der Waals surface area contributed by atoms with Gasteiger partial charge in [-0.25, -0.2) is 0 Å². The molecule has 0 aliphatic heterocycles. The first-order valence-corrected chi connectivity index (χ1v) is 4.83. The van der Waals surface area contributed by atoms with E-state index in [0.717, 1.165) is 6.42 Å². The molecule has 1 nitrogen and oxygen atoms in total. The number of hydrogen-bond donors (Lipinski definition) is 1. The Hall–Kier alpha value is -1.24. The summed E-state index contributed by atoms with van der Waals surface area (Å²) in [7, 11) is 0. The van der Waals surface area contributed by atoms with Crippen molar-refractivity contribution in [1.82, 2.24) is 4.98 Å². The molecule has 1 heterocycles. The maximum atomic E-state index is 3.23. The van der Waals surface area contributed by atoms with Crippen LogP contribution in [0, 0.1) is 0 Å². The predicted molar refractivity (Wildman–Crippen MR) is 58.6 cm³/mol. The molecule has 0 saturated carbocycles. The summed E-state index contributed by atoms with van der Waals surface area (Å²) in [5.74, 6) is 0. The number of rotatable bonds is 4. The van der Waals surface area contributed by atoms with Crippen molar-refractivity contribution in [3.63, 3.8) is 0 Å². The molecule has 0 amide bonds. The van der Waals surface area contributed by atoms with E-state index in [4.69, 9.17) is 0 Å². The molecule has 0 aliphatic rings. The zero-order valence-corrected chi connectivity index (χ0v) is 8.38. The van der Waals surface area contributed by atoms with E-state index in [2.05, 4.69) is 30.2 Å². The highest BCUT2D eigenvalue weighted by atomic mass is 14.7. The Balaban J connectivity index is 2.58. The van der Waals surface area contributed by atoms with Gasteiger partial charge in [-0.2, -0.15) is 0 Å². The first-order chi connectivity index (χ1) is 6.36. The summed E-state index contributed by atoms with van der Waals surface area (Å²) in [6.07, 6.45) is 12.6. The number of allylic oxidation sites excluding steroid dienone is 3. The maximum Gasteiger partial charge on any atom is 0.0383 e. The van der Waals surface area contributed by atoms with E-state index in [9.17, 15) is 0 Å². The van der Waals surface area contributed by atoms with Gasteiger partial charge in [0.05, 0.1) is 0 Å². The summed E-state index contributed by atoms with van der Waals surface area (Å²) >= 11 is 0. The molecule has 1 aromatic heterocycles. The van der Waals surface area contributed by atoms with Crippen LogP contribution in [0.4, 0.5) is 0 Å². The lowest BCUT2D eigenvalue weighted by molar-refractivity contribution is 0.923. The molecule has 0 unspecified atom stereocenters. The van der Waals surface area contributed by atoms with Gasteiger partial charge in [-0.05, 0) is 31.1 Å². The van der Waals surface area contributed by atoms with E-state index < -0.39 is 0 Å². The van der Waals surface area contributed by atoms with Crippen molar-refractivity contribution in [2.75, 3.05) is 0 Å². The third kappa shape index (κ3) is 3.32. The second-order valence-corrected chi connectivity index (χ2v) is 3.10. The van der Waals surface area contributed by atoms with E-state index in [1.807, 2.05) is 25.2 Å². The van der Waals surface area contributed by atoms with E-state index >= 15 is 0 Å². The fraction of sp³-hybridized carbons (Fsp3) is 0.333. The van der Waals surface area contributed by atoms with E-state index in [-0.39, 0.29) is 0 Å². The van der Waals surface area contributed by atoms with Crippen LogP contribution in [0.5, 0.6) is 0 Å². The summed E-state index contributed by atoms with van der Waals surface area (Å²) in [4.78, 5) is 3.23. The van der Waals surface area contributed by atoms with Crippen LogP contribution in [0.25, 0.3) is 6.08 Å². The zero-order chi connectivity index (χ0) is 9.52. The van der Waals surface area contributed by atoms with Crippen molar-refractivity contribution in [1.29, 1.82) is 0 Å². The number of aromatic nitrogens is 1. The number of aryl methyl sites for hydroxylation is 1. The minimum absolute atomic E-state index is 1.16. The van der Waals surface area contributed by atoms with Crippen LogP contribution in [0.1, 0.15) is 31.5 Å². The van der Waals surface area contributed by atoms with Gasteiger partial charge in [-0.15, -0.1) is 0 Å². The van der Waals surface area contributed by atoms with Crippen molar-refractivity contribution in [3.05, 3.63) is 41.7 Å². The largest absolute Gasteiger partial charge is 0.361 e. The summed E-state index contributed by atoms with van der Waals surface area (Å²) < 4.78 is 0. The molecule has 0 radical (unpaired) electrons. The topological polar surface area (TPSA) is 15.8 Å². The molecule has 0 saturated heterocycles. The Morgan fingerprint density at radius 2 is 2.23 bits per heavy atom. The van der Waals surface area contributed by atoms with Crippen LogP contribution in [-0.2, 0) is 6.42 Å². The Labute approximate surface area is 80.2 Å². The van der Waals surface area contributed by atoms with Gasteiger partial charge in [0, 0.05) is 11.9 Å². The predicted octanol–water partition coefficient (Wildman–Crippen LogP) is 3.56. The van der Waals surface area contributed by atoms with Crippen LogP contribution < -0.4 is 0 Å². The summed E-state index contributed by atoms with van der Waals surface area (Å²) in [6, 6.07) is 2.20. The zero-order valence-electron chi connectivity index (χ0n) is 8.38. The molecular formula is C12H17N. The van der Waals surface area contributed by atoms with Gasteiger partial charge in [0.1, 0.15) is 0 Å². The Kier molecular flexibility index (Phi) is 4.10. The van der Waals surface area contributed by atoms with Gasteiger partial charge in [-0.3, -0.25) is 0 Å². The quantitative estimate of drug-likeness (QED) is 0.673. The highest BCUT2D eigenvalue weighted by Crippen LogP contribution is 2.07. The van der Waals surface area contributed by atoms with Crippen molar-refractivity contribution in [2.45, 2.75) is 26.7 Å². The molecule has 0 bridgehead atoms. The lowest BCUT2D eigenvalue weighted by Gasteiger charge is -1.87. The van der Waals surface area contributed by atoms with Gasteiger partial charge in [-0.1, -0.05) is 31.6 Å².